The maximum absolute atomic E-state index is 13.4. The molecule has 0 saturated carbocycles. The number of carbonyl (C=O) groups excluding carboxylic acids is 4. The highest BCUT2D eigenvalue weighted by molar-refractivity contribution is 7.12. The van der Waals surface area contributed by atoms with Gasteiger partial charge in [0.05, 0.1) is 22.2 Å². The quantitative estimate of drug-likeness (QED) is 0.279. The van der Waals surface area contributed by atoms with E-state index in [9.17, 15) is 24.3 Å². The fourth-order valence-electron chi connectivity index (χ4n) is 4.96. The van der Waals surface area contributed by atoms with Crippen molar-refractivity contribution >= 4 is 40.7 Å². The third kappa shape index (κ3) is 5.53. The first kappa shape index (κ1) is 27.9. The molecule has 1 saturated heterocycles. The number of amides is 4. The molecule has 3 aromatic rings. The molecule has 3 N–H and O–H groups in total. The van der Waals surface area contributed by atoms with Gasteiger partial charge in [0, 0.05) is 33.2 Å². The number of nitrogens with zero attached hydrogens (tertiary/aromatic N) is 3. The van der Waals surface area contributed by atoms with Gasteiger partial charge >= 0.3 is 0 Å². The van der Waals surface area contributed by atoms with Gasteiger partial charge in [0.2, 0.25) is 0 Å². The number of carbonyl (C=O) groups is 4. The van der Waals surface area contributed by atoms with E-state index in [1.165, 1.54) is 24.5 Å². The number of likely N-dealkylation sites (N-methyl/N-ethyl adjacent to an activating group) is 1. The lowest BCUT2D eigenvalue weighted by Crippen LogP contribution is -2.50. The van der Waals surface area contributed by atoms with Crippen LogP contribution in [0, 0.1) is 0 Å². The summed E-state index contributed by atoms with van der Waals surface area (Å²) in [5, 5.41) is 19.1. The van der Waals surface area contributed by atoms with Gasteiger partial charge in [0.15, 0.2) is 5.75 Å². The van der Waals surface area contributed by atoms with Crippen LogP contribution in [0.4, 0.5) is 5.69 Å². The molecule has 4 amide bonds. The van der Waals surface area contributed by atoms with Gasteiger partial charge in [-0.05, 0) is 35.6 Å². The van der Waals surface area contributed by atoms with Gasteiger partial charge in [-0.25, -0.2) is 0 Å². The number of anilines is 1. The molecule has 3 heterocycles. The minimum absolute atomic E-state index is 0.00696. The number of para-hydroxylation sites is 1. The smallest absolute Gasteiger partial charge is 0.279 e. The SMILES string of the molecule is CC[C@@H](NC1=C(Nc2cccc(C(=O)N3CCN(C(=O)c4cccs4)CC3)c2O)C(=O)N(C)C1=O)c1ccccc1. The lowest BCUT2D eigenvalue weighted by molar-refractivity contribution is -0.136. The highest BCUT2D eigenvalue weighted by Crippen LogP contribution is 2.32. The van der Waals surface area contributed by atoms with Gasteiger partial charge in [-0.3, -0.25) is 24.1 Å². The number of hydrogen-bond acceptors (Lipinski definition) is 8. The molecule has 1 atom stereocenters. The monoisotopic (exact) mass is 573 g/mol. The molecule has 0 bridgehead atoms. The minimum Gasteiger partial charge on any atom is -0.505 e. The van der Waals surface area contributed by atoms with E-state index in [0.29, 0.717) is 37.5 Å². The van der Waals surface area contributed by atoms with Crippen LogP contribution in [0.15, 0.2) is 77.4 Å². The molecule has 0 aliphatic carbocycles. The maximum atomic E-state index is 13.4. The molecule has 1 aromatic heterocycles. The van der Waals surface area contributed by atoms with Crippen LogP contribution in [0.5, 0.6) is 5.75 Å². The first-order chi connectivity index (χ1) is 19.8. The van der Waals surface area contributed by atoms with E-state index in [4.69, 9.17) is 0 Å². The predicted octanol–water partition coefficient (Wildman–Crippen LogP) is 3.41. The van der Waals surface area contributed by atoms with Crippen LogP contribution < -0.4 is 10.6 Å². The highest BCUT2D eigenvalue weighted by atomic mass is 32.1. The fraction of sp³-hybridized carbons (Fsp3) is 0.267. The van der Waals surface area contributed by atoms with Crippen molar-refractivity contribution in [2.75, 3.05) is 38.5 Å². The van der Waals surface area contributed by atoms with Crippen LogP contribution in [0.2, 0.25) is 0 Å². The molecule has 0 spiro atoms. The zero-order chi connectivity index (χ0) is 29.1. The summed E-state index contributed by atoms with van der Waals surface area (Å²) in [5.74, 6) is -1.82. The van der Waals surface area contributed by atoms with E-state index >= 15 is 0 Å². The van der Waals surface area contributed by atoms with E-state index in [2.05, 4.69) is 10.6 Å². The van der Waals surface area contributed by atoms with E-state index in [1.807, 2.05) is 48.7 Å². The van der Waals surface area contributed by atoms with Gasteiger partial charge < -0.3 is 25.5 Å². The Labute approximate surface area is 241 Å². The maximum Gasteiger partial charge on any atom is 0.279 e. The van der Waals surface area contributed by atoms with Gasteiger partial charge in [-0.2, -0.15) is 0 Å². The summed E-state index contributed by atoms with van der Waals surface area (Å²) in [7, 11) is 1.40. The number of benzene rings is 2. The zero-order valence-electron chi connectivity index (χ0n) is 22.8. The molecule has 10 nitrogen and oxygen atoms in total. The summed E-state index contributed by atoms with van der Waals surface area (Å²) in [5.41, 5.74) is 1.23. The lowest BCUT2D eigenvalue weighted by Gasteiger charge is -2.34. The first-order valence-corrected chi connectivity index (χ1v) is 14.3. The van der Waals surface area contributed by atoms with Crippen molar-refractivity contribution < 1.29 is 24.3 Å². The Kier molecular flexibility index (Phi) is 8.06. The van der Waals surface area contributed by atoms with Crippen molar-refractivity contribution in [2.24, 2.45) is 0 Å². The van der Waals surface area contributed by atoms with Crippen molar-refractivity contribution in [3.63, 3.8) is 0 Å². The number of hydrogen-bond donors (Lipinski definition) is 3. The van der Waals surface area contributed by atoms with Crippen molar-refractivity contribution in [3.05, 3.63) is 93.4 Å². The Morgan fingerprint density at radius 2 is 1.54 bits per heavy atom. The Morgan fingerprint density at radius 1 is 0.878 bits per heavy atom. The number of aromatic hydroxyl groups is 1. The van der Waals surface area contributed by atoms with E-state index in [0.717, 1.165) is 10.5 Å². The van der Waals surface area contributed by atoms with Gasteiger partial charge in [0.25, 0.3) is 23.6 Å². The summed E-state index contributed by atoms with van der Waals surface area (Å²) in [6.45, 7) is 3.38. The number of rotatable bonds is 8. The summed E-state index contributed by atoms with van der Waals surface area (Å²) in [6, 6.07) is 17.6. The van der Waals surface area contributed by atoms with Gasteiger partial charge in [-0.1, -0.05) is 49.4 Å². The molecule has 212 valence electrons. The normalized spacial score (nSPS) is 16.3. The molecule has 2 aromatic carbocycles. The second-order valence-electron chi connectivity index (χ2n) is 9.82. The molecular formula is C30H31N5O5S. The molecule has 5 rings (SSSR count). The Morgan fingerprint density at radius 3 is 2.17 bits per heavy atom. The molecule has 41 heavy (non-hydrogen) atoms. The number of phenols is 1. The first-order valence-electron chi connectivity index (χ1n) is 13.4. The Hall–Kier alpha value is -4.64. The lowest BCUT2D eigenvalue weighted by atomic mass is 10.0. The molecule has 2 aliphatic heterocycles. The minimum atomic E-state index is -0.553. The molecule has 2 aliphatic rings. The molecule has 0 radical (unpaired) electrons. The highest BCUT2D eigenvalue weighted by Gasteiger charge is 2.38. The van der Waals surface area contributed by atoms with Gasteiger partial charge in [-0.15, -0.1) is 11.3 Å². The summed E-state index contributed by atoms with van der Waals surface area (Å²) in [6.07, 6.45) is 0.660. The van der Waals surface area contributed by atoms with Crippen molar-refractivity contribution in [1.29, 1.82) is 0 Å². The topological polar surface area (TPSA) is 122 Å². The largest absolute Gasteiger partial charge is 0.505 e. The third-order valence-corrected chi connectivity index (χ3v) is 8.19. The number of thiophene rings is 1. The average molecular weight is 574 g/mol. The second kappa shape index (κ2) is 11.8. The Balaban J connectivity index is 1.34. The molecular weight excluding hydrogens is 542 g/mol. The van der Waals surface area contributed by atoms with Gasteiger partial charge in [0.1, 0.15) is 11.4 Å². The fourth-order valence-corrected chi connectivity index (χ4v) is 5.65. The zero-order valence-corrected chi connectivity index (χ0v) is 23.6. The van der Waals surface area contributed by atoms with Crippen LogP contribution in [0.3, 0.4) is 0 Å². The third-order valence-electron chi connectivity index (χ3n) is 7.33. The van der Waals surface area contributed by atoms with E-state index in [-0.39, 0.29) is 46.3 Å². The van der Waals surface area contributed by atoms with E-state index in [1.54, 1.807) is 28.0 Å². The van der Waals surface area contributed by atoms with Crippen LogP contribution >= 0.6 is 11.3 Å². The number of phenolic OH excluding ortho intramolecular Hbond substituents is 1. The van der Waals surface area contributed by atoms with Crippen LogP contribution in [0.25, 0.3) is 0 Å². The number of piperazine rings is 1. The van der Waals surface area contributed by atoms with E-state index < -0.39 is 11.8 Å². The molecule has 11 heteroatoms. The Bertz CT molecular complexity index is 1500. The number of nitrogens with one attached hydrogen (secondary N) is 2. The van der Waals surface area contributed by atoms with Crippen LogP contribution in [-0.4, -0.2) is 76.7 Å². The molecule has 0 unspecified atom stereocenters. The summed E-state index contributed by atoms with van der Waals surface area (Å²) >= 11 is 1.38. The van der Waals surface area contributed by atoms with Crippen molar-refractivity contribution in [1.82, 2.24) is 20.0 Å². The molecule has 1 fully saturated rings. The summed E-state index contributed by atoms with van der Waals surface area (Å²) in [4.78, 5) is 57.0. The van der Waals surface area contributed by atoms with Crippen molar-refractivity contribution in [3.8, 4) is 5.75 Å². The second-order valence-corrected chi connectivity index (χ2v) is 10.8. The summed E-state index contributed by atoms with van der Waals surface area (Å²) < 4.78 is 0. The van der Waals surface area contributed by atoms with Crippen LogP contribution in [0.1, 0.15) is 45.0 Å². The average Bonchev–Trinajstić information content (AvgIpc) is 3.61. The predicted molar refractivity (Wildman–Crippen MR) is 155 cm³/mol. The van der Waals surface area contributed by atoms with Crippen LogP contribution in [-0.2, 0) is 9.59 Å². The standard InChI is InChI=1S/C30H31N5O5S/c1-3-21(19-9-5-4-6-10-19)31-24-25(30(40)33(2)29(24)39)32-22-12-7-11-20(26(22)36)27(37)34-14-16-35(17-15-34)28(38)23-13-8-18-41-23/h4-13,18,21,31-32,36H,3,14-17H2,1-2H3/t21-/m1/s1. The van der Waals surface area contributed by atoms with Crippen molar-refractivity contribution in [2.45, 2.75) is 19.4 Å². The number of imide groups is 1.